The molecule has 0 aliphatic heterocycles. The molecule has 13 heteroatoms. The zero-order chi connectivity index (χ0) is 25.1. The quantitative estimate of drug-likeness (QED) is 0.155. The molecule has 0 saturated carbocycles. The van der Waals surface area contributed by atoms with Crippen molar-refractivity contribution in [1.29, 1.82) is 0 Å². The SMILES string of the molecule is O=C(Nc1cnn(COc2ccc(Br)cc2)c1)c1ccc(COc2c(Cl)c(Cl)c(Cl)c(Cl)c2Cl)o1. The number of hydrogen-bond acceptors (Lipinski definition) is 5. The Morgan fingerprint density at radius 2 is 1.60 bits per heavy atom. The van der Waals surface area contributed by atoms with Crippen molar-refractivity contribution < 1.29 is 18.7 Å². The summed E-state index contributed by atoms with van der Waals surface area (Å²) in [4.78, 5) is 12.5. The van der Waals surface area contributed by atoms with Crippen molar-refractivity contribution in [3.63, 3.8) is 0 Å². The highest BCUT2D eigenvalue weighted by Crippen LogP contribution is 2.48. The highest BCUT2D eigenvalue weighted by molar-refractivity contribution is 9.10. The van der Waals surface area contributed by atoms with Crippen LogP contribution in [0.4, 0.5) is 5.69 Å². The monoisotopic (exact) mass is 637 g/mol. The van der Waals surface area contributed by atoms with Crippen LogP contribution in [0, 0.1) is 0 Å². The maximum absolute atomic E-state index is 12.5. The van der Waals surface area contributed by atoms with Crippen LogP contribution in [0.15, 0.2) is 57.7 Å². The van der Waals surface area contributed by atoms with Gasteiger partial charge in [-0.05, 0) is 36.4 Å². The molecule has 1 amide bonds. The number of furan rings is 1. The fourth-order valence-corrected chi connectivity index (χ4v) is 4.29. The van der Waals surface area contributed by atoms with E-state index >= 15 is 0 Å². The van der Waals surface area contributed by atoms with Gasteiger partial charge in [0.15, 0.2) is 18.2 Å². The fraction of sp³-hybridized carbons (Fsp3) is 0.0909. The topological polar surface area (TPSA) is 78.5 Å². The van der Waals surface area contributed by atoms with Crippen LogP contribution >= 0.6 is 73.9 Å². The van der Waals surface area contributed by atoms with Gasteiger partial charge in [0.1, 0.15) is 28.2 Å². The molecule has 4 aromatic rings. The van der Waals surface area contributed by atoms with Crippen molar-refractivity contribution in [3.8, 4) is 11.5 Å². The second kappa shape index (κ2) is 11.3. The van der Waals surface area contributed by atoms with Crippen LogP contribution in [0.1, 0.15) is 16.3 Å². The van der Waals surface area contributed by atoms with Crippen LogP contribution in [0.25, 0.3) is 0 Å². The molecule has 35 heavy (non-hydrogen) atoms. The number of nitrogens with zero attached hydrogens (tertiary/aromatic N) is 2. The van der Waals surface area contributed by atoms with E-state index in [4.69, 9.17) is 71.9 Å². The predicted molar refractivity (Wildman–Crippen MR) is 139 cm³/mol. The van der Waals surface area contributed by atoms with E-state index in [9.17, 15) is 4.79 Å². The number of aromatic nitrogens is 2. The first kappa shape index (κ1) is 26.0. The van der Waals surface area contributed by atoms with Crippen molar-refractivity contribution in [1.82, 2.24) is 9.78 Å². The lowest BCUT2D eigenvalue weighted by Gasteiger charge is -2.12. The molecule has 0 unspecified atom stereocenters. The van der Waals surface area contributed by atoms with Crippen molar-refractivity contribution >= 4 is 85.5 Å². The molecule has 0 aliphatic rings. The Morgan fingerprint density at radius 3 is 2.29 bits per heavy atom. The average Bonchev–Trinajstić information content (AvgIpc) is 3.51. The Kier molecular flexibility index (Phi) is 8.42. The molecule has 4 rings (SSSR count). The van der Waals surface area contributed by atoms with Crippen molar-refractivity contribution in [2.24, 2.45) is 0 Å². The molecule has 0 saturated heterocycles. The van der Waals surface area contributed by atoms with Crippen LogP contribution in [0.2, 0.25) is 25.1 Å². The molecule has 0 aliphatic carbocycles. The first-order valence-corrected chi connectivity index (χ1v) is 12.4. The standard InChI is InChI=1S/C22H13BrCl5N3O4/c23-11-1-3-13(4-2-11)34-10-31-8-12(7-29-31)30-22(32)15-6-5-14(35-15)9-33-21-19(27)17(25)16(24)18(26)20(21)28/h1-8H,9-10H2,(H,30,32). The third-order valence-electron chi connectivity index (χ3n) is 4.48. The summed E-state index contributed by atoms with van der Waals surface area (Å²) in [5.41, 5.74) is 0.465. The van der Waals surface area contributed by atoms with Gasteiger partial charge >= 0.3 is 0 Å². The van der Waals surface area contributed by atoms with Crippen molar-refractivity contribution in [2.45, 2.75) is 13.3 Å². The van der Waals surface area contributed by atoms with E-state index < -0.39 is 5.91 Å². The number of carbonyl (C=O) groups is 1. The minimum atomic E-state index is -0.474. The molecule has 182 valence electrons. The van der Waals surface area contributed by atoms with Gasteiger partial charge in [0.25, 0.3) is 5.91 Å². The summed E-state index contributed by atoms with van der Waals surface area (Å²) >= 11 is 33.7. The minimum Gasteiger partial charge on any atom is -0.482 e. The molecule has 1 N–H and O–H groups in total. The number of amides is 1. The molecular formula is C22H13BrCl5N3O4. The Labute approximate surface area is 232 Å². The number of carbonyl (C=O) groups excluding carboxylic acids is 1. The summed E-state index contributed by atoms with van der Waals surface area (Å²) in [6.45, 7) is 0.0793. The van der Waals surface area contributed by atoms with E-state index in [1.165, 1.54) is 16.9 Å². The van der Waals surface area contributed by atoms with Gasteiger partial charge in [0.2, 0.25) is 0 Å². The highest BCUT2D eigenvalue weighted by atomic mass is 79.9. The summed E-state index contributed by atoms with van der Waals surface area (Å²) in [5.74, 6) is 0.659. The van der Waals surface area contributed by atoms with Gasteiger partial charge in [-0.2, -0.15) is 5.10 Å². The number of ether oxygens (including phenoxy) is 2. The summed E-state index contributed by atoms with van der Waals surface area (Å²) < 4.78 is 19.3. The molecule has 0 radical (unpaired) electrons. The van der Waals surface area contributed by atoms with Crippen LogP contribution < -0.4 is 14.8 Å². The third-order valence-corrected chi connectivity index (χ3v) is 7.25. The van der Waals surface area contributed by atoms with Crippen LogP contribution in [-0.2, 0) is 13.3 Å². The fourth-order valence-electron chi connectivity index (χ4n) is 2.80. The molecule has 0 fully saturated rings. The normalized spacial score (nSPS) is 10.9. The molecule has 7 nitrogen and oxygen atoms in total. The molecule has 2 heterocycles. The number of rotatable bonds is 8. The van der Waals surface area contributed by atoms with Gasteiger partial charge in [-0.15, -0.1) is 0 Å². The first-order valence-electron chi connectivity index (χ1n) is 9.68. The lowest BCUT2D eigenvalue weighted by Crippen LogP contribution is -2.10. The lowest BCUT2D eigenvalue weighted by atomic mass is 10.3. The van der Waals surface area contributed by atoms with Gasteiger partial charge in [0.05, 0.1) is 33.1 Å². The van der Waals surface area contributed by atoms with E-state index in [1.54, 1.807) is 12.3 Å². The summed E-state index contributed by atoms with van der Waals surface area (Å²) in [6, 6.07) is 10.5. The molecular weight excluding hydrogens is 627 g/mol. The van der Waals surface area contributed by atoms with E-state index in [0.29, 0.717) is 17.2 Å². The van der Waals surface area contributed by atoms with Gasteiger partial charge in [-0.25, -0.2) is 4.68 Å². The Balaban J connectivity index is 1.34. The molecule has 0 bridgehead atoms. The number of hydrogen-bond donors (Lipinski definition) is 1. The second-order valence-corrected chi connectivity index (χ2v) is 9.71. The van der Waals surface area contributed by atoms with Gasteiger partial charge < -0.3 is 19.2 Å². The van der Waals surface area contributed by atoms with Crippen molar-refractivity contribution in [2.75, 3.05) is 5.32 Å². The number of halogens is 6. The maximum atomic E-state index is 12.5. The second-order valence-electron chi connectivity index (χ2n) is 6.90. The van der Waals surface area contributed by atoms with Gasteiger partial charge in [-0.3, -0.25) is 4.79 Å². The first-order chi connectivity index (χ1) is 16.7. The average molecular weight is 641 g/mol. The van der Waals surface area contributed by atoms with Crippen LogP contribution in [-0.4, -0.2) is 15.7 Å². The number of nitrogens with one attached hydrogen (secondary N) is 1. The van der Waals surface area contributed by atoms with Crippen LogP contribution in [0.5, 0.6) is 11.5 Å². The van der Waals surface area contributed by atoms with Gasteiger partial charge in [0, 0.05) is 4.47 Å². The lowest BCUT2D eigenvalue weighted by molar-refractivity contribution is 0.0992. The molecule has 2 aromatic carbocycles. The molecule has 0 spiro atoms. The van der Waals surface area contributed by atoms with E-state index in [-0.39, 0.29) is 50.0 Å². The summed E-state index contributed by atoms with van der Waals surface area (Å²) in [7, 11) is 0. The maximum Gasteiger partial charge on any atom is 0.291 e. The number of benzene rings is 2. The summed E-state index contributed by atoms with van der Waals surface area (Å²) in [6.07, 6.45) is 3.12. The zero-order valence-corrected chi connectivity index (χ0v) is 22.7. The number of anilines is 1. The summed E-state index contributed by atoms with van der Waals surface area (Å²) in [5, 5.41) is 6.94. The predicted octanol–water partition coefficient (Wildman–Crippen LogP) is 8.37. The third kappa shape index (κ3) is 6.20. The van der Waals surface area contributed by atoms with Gasteiger partial charge in [-0.1, -0.05) is 73.9 Å². The van der Waals surface area contributed by atoms with Crippen LogP contribution in [0.3, 0.4) is 0 Å². The molecule has 0 atom stereocenters. The Bertz CT molecular complexity index is 1350. The van der Waals surface area contributed by atoms with E-state index in [2.05, 4.69) is 26.3 Å². The Morgan fingerprint density at radius 1 is 0.943 bits per heavy atom. The molecule has 2 aromatic heterocycles. The minimum absolute atomic E-state index is 0.0108. The highest BCUT2D eigenvalue weighted by Gasteiger charge is 2.21. The largest absolute Gasteiger partial charge is 0.482 e. The van der Waals surface area contributed by atoms with E-state index in [1.807, 2.05) is 24.3 Å². The zero-order valence-electron chi connectivity index (χ0n) is 17.3. The Hall–Kier alpha value is -2.07. The van der Waals surface area contributed by atoms with Crippen molar-refractivity contribution in [3.05, 3.63) is 89.9 Å². The smallest absolute Gasteiger partial charge is 0.291 e. The van der Waals surface area contributed by atoms with E-state index in [0.717, 1.165) is 4.47 Å².